The Morgan fingerprint density at radius 1 is 1.21 bits per heavy atom. The number of carbonyl (C=O) groups excluding carboxylic acids is 1. The fraction of sp³-hybridized carbons (Fsp3) is 0.182. The van der Waals surface area contributed by atoms with E-state index in [4.69, 9.17) is 21.3 Å². The van der Waals surface area contributed by atoms with Crippen molar-refractivity contribution in [2.45, 2.75) is 27.0 Å². The average Bonchev–Trinajstić information content (AvgIpc) is 2.92. The van der Waals surface area contributed by atoms with Crippen molar-refractivity contribution in [1.82, 2.24) is 9.55 Å². The molecule has 0 radical (unpaired) electrons. The number of aliphatic imine (C=N–C) groups is 1. The maximum Gasteiger partial charge on any atom is 0.304 e. The smallest absolute Gasteiger partial charge is 0.304 e. The number of hydrogen-bond acceptors (Lipinski definition) is 5. The summed E-state index contributed by atoms with van der Waals surface area (Å²) >= 11 is 6.47. The third-order valence-corrected chi connectivity index (χ3v) is 5.20. The highest BCUT2D eigenvalue weighted by molar-refractivity contribution is 6.35. The Kier molecular flexibility index (Phi) is 4.69. The molecule has 0 saturated carbocycles. The van der Waals surface area contributed by atoms with Gasteiger partial charge in [-0.15, -0.1) is 0 Å². The van der Waals surface area contributed by atoms with Crippen molar-refractivity contribution in [2.24, 2.45) is 4.99 Å². The van der Waals surface area contributed by atoms with Gasteiger partial charge in [-0.1, -0.05) is 29.8 Å². The lowest BCUT2D eigenvalue weighted by atomic mass is 9.98. The van der Waals surface area contributed by atoms with Gasteiger partial charge in [0.2, 0.25) is 0 Å². The number of esters is 1. The first-order valence-electron chi connectivity index (χ1n) is 9.01. The molecule has 1 aliphatic heterocycles. The van der Waals surface area contributed by atoms with Crippen LogP contribution >= 0.6 is 11.6 Å². The molecule has 29 heavy (non-hydrogen) atoms. The van der Waals surface area contributed by atoms with Crippen LogP contribution in [0.15, 0.2) is 47.5 Å². The molecule has 4 rings (SSSR count). The van der Waals surface area contributed by atoms with Crippen molar-refractivity contribution < 1.29 is 9.53 Å². The van der Waals surface area contributed by atoms with E-state index >= 15 is 0 Å². The molecule has 1 unspecified atom stereocenters. The molecule has 0 bridgehead atoms. The Morgan fingerprint density at radius 3 is 2.66 bits per heavy atom. The van der Waals surface area contributed by atoms with Gasteiger partial charge in [0.1, 0.15) is 0 Å². The predicted molar refractivity (Wildman–Crippen MR) is 109 cm³/mol. The number of aryl methyl sites for hydroxylation is 1. The van der Waals surface area contributed by atoms with Gasteiger partial charge >= 0.3 is 5.97 Å². The van der Waals surface area contributed by atoms with E-state index in [1.807, 2.05) is 42.7 Å². The molecule has 0 amide bonds. The van der Waals surface area contributed by atoms with Crippen LogP contribution in [0.5, 0.6) is 0 Å². The van der Waals surface area contributed by atoms with Gasteiger partial charge in [-0.2, -0.15) is 5.26 Å². The fourth-order valence-electron chi connectivity index (χ4n) is 3.45. The van der Waals surface area contributed by atoms with Crippen LogP contribution in [-0.2, 0) is 9.53 Å². The van der Waals surface area contributed by atoms with E-state index in [-0.39, 0.29) is 0 Å². The van der Waals surface area contributed by atoms with Crippen molar-refractivity contribution in [3.8, 4) is 11.8 Å². The van der Waals surface area contributed by atoms with Crippen LogP contribution < -0.4 is 0 Å². The lowest BCUT2D eigenvalue weighted by Crippen LogP contribution is -2.12. The van der Waals surface area contributed by atoms with Gasteiger partial charge in [-0.3, -0.25) is 9.36 Å². The van der Waals surface area contributed by atoms with E-state index < -0.39 is 12.2 Å². The van der Waals surface area contributed by atoms with Gasteiger partial charge < -0.3 is 4.74 Å². The zero-order chi connectivity index (χ0) is 20.7. The summed E-state index contributed by atoms with van der Waals surface area (Å²) in [5.74, 6) is 0.0361. The minimum Gasteiger partial charge on any atom is -0.432 e. The molecule has 1 atom stereocenters. The van der Waals surface area contributed by atoms with Gasteiger partial charge in [0.05, 0.1) is 28.7 Å². The summed E-state index contributed by atoms with van der Waals surface area (Å²) in [6, 6.07) is 14.9. The topological polar surface area (TPSA) is 80.3 Å². The van der Waals surface area contributed by atoms with Crippen molar-refractivity contribution in [3.63, 3.8) is 0 Å². The Balaban J connectivity index is 2.10. The molecular formula is C22H17ClN4O2. The molecule has 0 spiro atoms. The molecule has 144 valence electrons. The standard InChI is InChI=1S/C22H17ClN4O2/c1-12-13(2)27-19-9-8-15(11-24)10-17(19)20(16-6-4-5-7-18(16)23)26-22(21(27)25-12)29-14(3)28/h4-10,22H,1-3H3. The third kappa shape index (κ3) is 3.20. The maximum absolute atomic E-state index is 11.8. The van der Waals surface area contributed by atoms with Crippen LogP contribution in [0.2, 0.25) is 5.02 Å². The molecule has 1 aliphatic rings. The molecule has 0 saturated heterocycles. The number of ether oxygens (including phenoxy) is 1. The van der Waals surface area contributed by atoms with E-state index in [9.17, 15) is 10.1 Å². The van der Waals surface area contributed by atoms with Gasteiger partial charge in [0.25, 0.3) is 6.23 Å². The second-order valence-electron chi connectivity index (χ2n) is 6.74. The highest BCUT2D eigenvalue weighted by Gasteiger charge is 2.30. The summed E-state index contributed by atoms with van der Waals surface area (Å²) in [5.41, 5.74) is 4.94. The molecule has 0 N–H and O–H groups in total. The first-order chi connectivity index (χ1) is 13.9. The molecule has 1 aromatic heterocycles. The molecule has 6 nitrogen and oxygen atoms in total. The summed E-state index contributed by atoms with van der Waals surface area (Å²) in [6.45, 7) is 5.17. The number of halogens is 1. The average molecular weight is 405 g/mol. The van der Waals surface area contributed by atoms with Crippen molar-refractivity contribution in [3.05, 3.63) is 81.4 Å². The minimum atomic E-state index is -0.941. The van der Waals surface area contributed by atoms with Crippen LogP contribution in [-0.4, -0.2) is 21.2 Å². The van der Waals surface area contributed by atoms with Gasteiger partial charge in [-0.05, 0) is 38.1 Å². The first-order valence-corrected chi connectivity index (χ1v) is 9.39. The zero-order valence-corrected chi connectivity index (χ0v) is 16.9. The Morgan fingerprint density at radius 2 is 1.97 bits per heavy atom. The number of benzene rings is 2. The largest absolute Gasteiger partial charge is 0.432 e. The van der Waals surface area contributed by atoms with Crippen LogP contribution in [0.3, 0.4) is 0 Å². The lowest BCUT2D eigenvalue weighted by molar-refractivity contribution is -0.146. The first kappa shape index (κ1) is 18.9. The van der Waals surface area contributed by atoms with E-state index in [0.717, 1.165) is 17.1 Å². The number of aromatic nitrogens is 2. The zero-order valence-electron chi connectivity index (χ0n) is 16.1. The number of nitrogens with zero attached hydrogens (tertiary/aromatic N) is 4. The van der Waals surface area contributed by atoms with E-state index in [1.165, 1.54) is 6.92 Å². The van der Waals surface area contributed by atoms with E-state index in [2.05, 4.69) is 11.1 Å². The highest BCUT2D eigenvalue weighted by atomic mass is 35.5. The second kappa shape index (κ2) is 7.19. The number of imidazole rings is 1. The van der Waals surface area contributed by atoms with Crippen molar-refractivity contribution in [2.75, 3.05) is 0 Å². The SMILES string of the molecule is CC(=O)OC1N=C(c2ccccc2Cl)c2cc(C#N)ccc2-n2c1nc(C)c2C. The number of hydrogen-bond donors (Lipinski definition) is 0. The van der Waals surface area contributed by atoms with Gasteiger partial charge in [0, 0.05) is 28.8 Å². The fourth-order valence-corrected chi connectivity index (χ4v) is 3.67. The molecular weight excluding hydrogens is 388 g/mol. The summed E-state index contributed by atoms with van der Waals surface area (Å²) < 4.78 is 7.45. The Bertz CT molecular complexity index is 1220. The monoisotopic (exact) mass is 404 g/mol. The lowest BCUT2D eigenvalue weighted by Gasteiger charge is -2.14. The van der Waals surface area contributed by atoms with Crippen LogP contribution in [0.25, 0.3) is 5.69 Å². The summed E-state index contributed by atoms with van der Waals surface area (Å²) in [4.78, 5) is 21.2. The number of rotatable bonds is 2. The van der Waals surface area contributed by atoms with Gasteiger partial charge in [-0.25, -0.2) is 9.98 Å². The third-order valence-electron chi connectivity index (χ3n) is 4.87. The molecule has 0 fully saturated rings. The van der Waals surface area contributed by atoms with Gasteiger partial charge in [0.15, 0.2) is 5.82 Å². The molecule has 2 heterocycles. The second-order valence-corrected chi connectivity index (χ2v) is 7.15. The Hall–Kier alpha value is -3.43. The van der Waals surface area contributed by atoms with Crippen molar-refractivity contribution >= 4 is 23.3 Å². The van der Waals surface area contributed by atoms with Crippen LogP contribution in [0.1, 0.15) is 47.1 Å². The number of fused-ring (bicyclic) bond motifs is 3. The molecule has 7 heteroatoms. The van der Waals surface area contributed by atoms with Crippen LogP contribution in [0, 0.1) is 25.2 Å². The quantitative estimate of drug-likeness (QED) is 0.592. The van der Waals surface area contributed by atoms with E-state index in [1.54, 1.807) is 18.2 Å². The van der Waals surface area contributed by atoms with Crippen molar-refractivity contribution in [1.29, 1.82) is 5.26 Å². The predicted octanol–water partition coefficient (Wildman–Crippen LogP) is 4.43. The Labute approximate surface area is 173 Å². The summed E-state index contributed by atoms with van der Waals surface area (Å²) in [6.07, 6.45) is -0.941. The number of nitriles is 1. The summed E-state index contributed by atoms with van der Waals surface area (Å²) in [5, 5.41) is 9.95. The highest BCUT2D eigenvalue weighted by Crippen LogP contribution is 2.35. The van der Waals surface area contributed by atoms with E-state index in [0.29, 0.717) is 33.2 Å². The summed E-state index contributed by atoms with van der Waals surface area (Å²) in [7, 11) is 0. The normalized spacial score (nSPS) is 14.9. The minimum absolute atomic E-state index is 0.467. The van der Waals surface area contributed by atoms with Crippen LogP contribution in [0.4, 0.5) is 0 Å². The molecule has 0 aliphatic carbocycles. The molecule has 2 aromatic carbocycles. The number of carbonyl (C=O) groups is 1. The molecule has 3 aromatic rings. The maximum atomic E-state index is 11.8.